The zero-order valence-electron chi connectivity index (χ0n) is 15.2. The Labute approximate surface area is 164 Å². The van der Waals surface area contributed by atoms with Gasteiger partial charge in [-0.15, -0.1) is 11.3 Å². The summed E-state index contributed by atoms with van der Waals surface area (Å²) in [6.45, 7) is 3.96. The standard InChI is InChI=1S/C20H15N7S/c1-12-15-6-7-16(25-18(15)27(26-12)20-22-9-4-10-23-20)17-13(2)24-19(28-17)14-5-3-8-21-11-14/h3-11H,1-2H3. The molecule has 7 nitrogen and oxygen atoms in total. The van der Waals surface area contributed by atoms with E-state index in [0.717, 1.165) is 43.6 Å². The lowest BCUT2D eigenvalue weighted by molar-refractivity contribution is 0.811. The third-order valence-corrected chi connectivity index (χ3v) is 5.62. The molecule has 0 aromatic carbocycles. The third kappa shape index (κ3) is 2.74. The first-order valence-corrected chi connectivity index (χ1v) is 9.54. The van der Waals surface area contributed by atoms with E-state index in [0.29, 0.717) is 5.95 Å². The third-order valence-electron chi connectivity index (χ3n) is 4.39. The smallest absolute Gasteiger partial charge is 0.252 e. The Morgan fingerprint density at radius 3 is 2.54 bits per heavy atom. The van der Waals surface area contributed by atoms with Gasteiger partial charge in [-0.1, -0.05) is 0 Å². The van der Waals surface area contributed by atoms with E-state index in [1.807, 2.05) is 44.3 Å². The topological polar surface area (TPSA) is 82.3 Å². The van der Waals surface area contributed by atoms with Crippen LogP contribution in [0.5, 0.6) is 0 Å². The molecule has 0 aliphatic heterocycles. The minimum atomic E-state index is 0.502. The van der Waals surface area contributed by atoms with Crippen LogP contribution in [0.25, 0.3) is 38.1 Å². The van der Waals surface area contributed by atoms with Crippen molar-refractivity contribution in [2.45, 2.75) is 13.8 Å². The molecule has 0 fully saturated rings. The van der Waals surface area contributed by atoms with Gasteiger partial charge in [0, 0.05) is 35.7 Å². The van der Waals surface area contributed by atoms with Crippen LogP contribution >= 0.6 is 11.3 Å². The number of nitrogens with zero attached hydrogens (tertiary/aromatic N) is 7. The van der Waals surface area contributed by atoms with E-state index >= 15 is 0 Å². The highest BCUT2D eigenvalue weighted by molar-refractivity contribution is 7.18. The van der Waals surface area contributed by atoms with Crippen molar-refractivity contribution in [2.24, 2.45) is 0 Å². The summed E-state index contributed by atoms with van der Waals surface area (Å²) in [5.74, 6) is 0.502. The number of hydrogen-bond acceptors (Lipinski definition) is 7. The van der Waals surface area contributed by atoms with Gasteiger partial charge in [-0.05, 0) is 44.2 Å². The van der Waals surface area contributed by atoms with Gasteiger partial charge < -0.3 is 0 Å². The molecule has 0 saturated carbocycles. The Hall–Kier alpha value is -3.52. The Balaban J connectivity index is 1.66. The van der Waals surface area contributed by atoms with Gasteiger partial charge >= 0.3 is 0 Å². The fourth-order valence-corrected chi connectivity index (χ4v) is 4.08. The van der Waals surface area contributed by atoms with E-state index in [2.05, 4.69) is 20.1 Å². The van der Waals surface area contributed by atoms with Gasteiger partial charge in [0.15, 0.2) is 5.65 Å². The van der Waals surface area contributed by atoms with Crippen molar-refractivity contribution >= 4 is 22.4 Å². The maximum atomic E-state index is 4.89. The van der Waals surface area contributed by atoms with Crippen molar-refractivity contribution in [1.82, 2.24) is 34.7 Å². The van der Waals surface area contributed by atoms with Gasteiger partial charge in [0.25, 0.3) is 5.95 Å². The molecule has 5 aromatic rings. The molecule has 5 aromatic heterocycles. The molecule has 5 heterocycles. The summed E-state index contributed by atoms with van der Waals surface area (Å²) < 4.78 is 1.69. The van der Waals surface area contributed by atoms with Crippen molar-refractivity contribution in [3.63, 3.8) is 0 Å². The molecule has 0 amide bonds. The predicted octanol–water partition coefficient (Wildman–Crippen LogP) is 4.01. The first-order valence-electron chi connectivity index (χ1n) is 8.72. The van der Waals surface area contributed by atoms with Crippen molar-refractivity contribution < 1.29 is 0 Å². The second-order valence-corrected chi connectivity index (χ2v) is 7.29. The number of aryl methyl sites for hydroxylation is 2. The van der Waals surface area contributed by atoms with E-state index in [-0.39, 0.29) is 0 Å². The summed E-state index contributed by atoms with van der Waals surface area (Å²) in [7, 11) is 0. The van der Waals surface area contributed by atoms with Gasteiger partial charge in [0.2, 0.25) is 0 Å². The van der Waals surface area contributed by atoms with Crippen LogP contribution < -0.4 is 0 Å². The molecule has 0 N–H and O–H groups in total. The zero-order chi connectivity index (χ0) is 19.1. The van der Waals surface area contributed by atoms with Gasteiger partial charge in [-0.3, -0.25) is 4.98 Å². The molecular weight excluding hydrogens is 370 g/mol. The summed E-state index contributed by atoms with van der Waals surface area (Å²) in [6.07, 6.45) is 6.98. The number of pyridine rings is 2. The zero-order valence-corrected chi connectivity index (χ0v) is 16.1. The first kappa shape index (κ1) is 16.6. The molecule has 5 rings (SSSR count). The first-order chi connectivity index (χ1) is 13.7. The van der Waals surface area contributed by atoms with Crippen LogP contribution in [0.4, 0.5) is 0 Å². The van der Waals surface area contributed by atoms with Crippen LogP contribution in [0.15, 0.2) is 55.1 Å². The molecule has 136 valence electrons. The summed E-state index contributed by atoms with van der Waals surface area (Å²) in [4.78, 5) is 23.4. The summed E-state index contributed by atoms with van der Waals surface area (Å²) in [6, 6.07) is 9.76. The van der Waals surface area contributed by atoms with E-state index in [4.69, 9.17) is 9.97 Å². The fraction of sp³-hybridized carbons (Fsp3) is 0.100. The van der Waals surface area contributed by atoms with Crippen LogP contribution in [0.2, 0.25) is 0 Å². The van der Waals surface area contributed by atoms with Crippen molar-refractivity contribution in [2.75, 3.05) is 0 Å². The number of fused-ring (bicyclic) bond motifs is 1. The second kappa shape index (κ2) is 6.58. The Morgan fingerprint density at radius 1 is 0.893 bits per heavy atom. The van der Waals surface area contributed by atoms with Crippen molar-refractivity contribution in [3.05, 3.63) is 66.5 Å². The highest BCUT2D eigenvalue weighted by Gasteiger charge is 2.17. The molecular formula is C20H15N7S. The summed E-state index contributed by atoms with van der Waals surface area (Å²) in [5, 5.41) is 6.49. The molecule has 28 heavy (non-hydrogen) atoms. The summed E-state index contributed by atoms with van der Waals surface area (Å²) in [5.41, 5.74) is 4.42. The van der Waals surface area contributed by atoms with Crippen LogP contribution in [-0.2, 0) is 0 Å². The molecule has 0 bridgehead atoms. The number of aromatic nitrogens is 7. The molecule has 0 unspecified atom stereocenters. The highest BCUT2D eigenvalue weighted by Crippen LogP contribution is 2.35. The highest BCUT2D eigenvalue weighted by atomic mass is 32.1. The minimum absolute atomic E-state index is 0.502. The van der Waals surface area contributed by atoms with Crippen molar-refractivity contribution in [1.29, 1.82) is 0 Å². The second-order valence-electron chi connectivity index (χ2n) is 6.29. The van der Waals surface area contributed by atoms with Crippen LogP contribution in [0.3, 0.4) is 0 Å². The average Bonchev–Trinajstić information content (AvgIpc) is 3.29. The van der Waals surface area contributed by atoms with Gasteiger partial charge in [-0.2, -0.15) is 9.78 Å². The molecule has 0 spiro atoms. The van der Waals surface area contributed by atoms with Crippen LogP contribution in [-0.4, -0.2) is 34.7 Å². The number of hydrogen-bond donors (Lipinski definition) is 0. The summed E-state index contributed by atoms with van der Waals surface area (Å²) >= 11 is 1.61. The maximum Gasteiger partial charge on any atom is 0.252 e. The largest absolute Gasteiger partial charge is 0.264 e. The maximum absolute atomic E-state index is 4.89. The molecule has 0 atom stereocenters. The molecule has 0 aliphatic rings. The number of rotatable bonds is 3. The average molecular weight is 385 g/mol. The van der Waals surface area contributed by atoms with Crippen LogP contribution in [0.1, 0.15) is 11.4 Å². The Bertz CT molecular complexity index is 1280. The van der Waals surface area contributed by atoms with E-state index in [1.54, 1.807) is 40.7 Å². The molecule has 8 heteroatoms. The quantitative estimate of drug-likeness (QED) is 0.467. The van der Waals surface area contributed by atoms with Gasteiger partial charge in [0.05, 0.1) is 22.0 Å². The van der Waals surface area contributed by atoms with Gasteiger partial charge in [-0.25, -0.2) is 19.9 Å². The van der Waals surface area contributed by atoms with E-state index < -0.39 is 0 Å². The Kier molecular flexibility index (Phi) is 3.91. The lowest BCUT2D eigenvalue weighted by atomic mass is 10.2. The SMILES string of the molecule is Cc1nc(-c2cccnc2)sc1-c1ccc2c(C)nn(-c3ncccn3)c2n1. The monoisotopic (exact) mass is 385 g/mol. The lowest BCUT2D eigenvalue weighted by Gasteiger charge is -2.02. The minimum Gasteiger partial charge on any atom is -0.264 e. The Morgan fingerprint density at radius 2 is 1.75 bits per heavy atom. The molecule has 0 radical (unpaired) electrons. The fourth-order valence-electron chi connectivity index (χ4n) is 3.06. The predicted molar refractivity (Wildman–Crippen MR) is 108 cm³/mol. The number of thiazole rings is 1. The lowest BCUT2D eigenvalue weighted by Crippen LogP contribution is -2.03. The molecule has 0 saturated heterocycles. The van der Waals surface area contributed by atoms with E-state index in [1.165, 1.54) is 0 Å². The van der Waals surface area contributed by atoms with Gasteiger partial charge in [0.1, 0.15) is 5.01 Å². The normalized spacial score (nSPS) is 11.2. The molecule has 0 aliphatic carbocycles. The van der Waals surface area contributed by atoms with Crippen molar-refractivity contribution in [3.8, 4) is 27.1 Å². The van der Waals surface area contributed by atoms with E-state index in [9.17, 15) is 0 Å². The van der Waals surface area contributed by atoms with Crippen LogP contribution in [0, 0.1) is 13.8 Å².